The topological polar surface area (TPSA) is 216 Å². The van der Waals surface area contributed by atoms with Crippen molar-refractivity contribution in [1.82, 2.24) is 14.9 Å². The highest BCUT2D eigenvalue weighted by molar-refractivity contribution is 5.82. The Morgan fingerprint density at radius 1 is 0.952 bits per heavy atom. The minimum atomic E-state index is -0.779. The summed E-state index contributed by atoms with van der Waals surface area (Å²) in [6.07, 6.45) is 3.61. The first-order chi connectivity index (χ1) is 20.2. The number of nitrogens with zero attached hydrogens (tertiary/aromatic N) is 4. The van der Waals surface area contributed by atoms with E-state index in [0.717, 1.165) is 22.8 Å². The number of hydrogen-bond donors (Lipinski definition) is 2. The molecule has 0 aliphatic heterocycles. The molecule has 1 amide bonds. The Kier molecular flexibility index (Phi) is 15.1. The first-order valence-corrected chi connectivity index (χ1v) is 13.0. The zero-order valence-corrected chi connectivity index (χ0v) is 23.2. The van der Waals surface area contributed by atoms with Crippen LogP contribution < -0.4 is 10.6 Å². The van der Waals surface area contributed by atoms with Gasteiger partial charge in [-0.2, -0.15) is 0 Å². The third-order valence-corrected chi connectivity index (χ3v) is 5.39. The monoisotopic (exact) mass is 594 g/mol. The number of carbonyl (C=O) groups is 3. The highest BCUT2D eigenvalue weighted by Gasteiger charge is 2.19. The smallest absolute Gasteiger partial charge is 0.419 e. The van der Waals surface area contributed by atoms with Crippen LogP contribution >= 0.6 is 0 Å². The Hall–Kier alpha value is -4.48. The molecule has 42 heavy (non-hydrogen) atoms. The maximum Gasteiger partial charge on any atom is 0.419 e. The zero-order valence-electron chi connectivity index (χ0n) is 23.2. The molecule has 2 rings (SSSR count). The molecule has 0 aliphatic rings. The van der Waals surface area contributed by atoms with Gasteiger partial charge in [-0.3, -0.25) is 25.0 Å². The lowest BCUT2D eigenvalue weighted by Crippen LogP contribution is -2.31. The molecule has 0 spiro atoms. The number of Topliss-reactive ketones (excluding diaryl/α,β-unsaturated/α-hetero) is 1. The van der Waals surface area contributed by atoms with E-state index in [2.05, 4.69) is 15.6 Å². The molecule has 2 N–H and O–H groups in total. The van der Waals surface area contributed by atoms with Crippen molar-refractivity contribution in [1.29, 1.82) is 0 Å². The molecule has 0 aliphatic carbocycles. The van der Waals surface area contributed by atoms with Gasteiger partial charge in [-0.25, -0.2) is 14.3 Å². The van der Waals surface area contributed by atoms with Crippen molar-refractivity contribution >= 4 is 34.8 Å². The van der Waals surface area contributed by atoms with Gasteiger partial charge in [0.1, 0.15) is 24.4 Å². The second-order valence-corrected chi connectivity index (χ2v) is 8.70. The summed E-state index contributed by atoms with van der Waals surface area (Å²) in [7, 11) is 0. The molecule has 2 aromatic rings. The first-order valence-electron chi connectivity index (χ1n) is 13.0. The summed E-state index contributed by atoms with van der Waals surface area (Å²) in [5.74, 6) is -0.331. The van der Waals surface area contributed by atoms with Crippen LogP contribution in [0.2, 0.25) is 0 Å². The van der Waals surface area contributed by atoms with E-state index in [4.69, 9.17) is 18.9 Å². The Balaban J connectivity index is 1.55. The highest BCUT2D eigenvalue weighted by Crippen LogP contribution is 2.28. The standard InChI is InChI=1S/C25H34N6O11/c1-19(32)3-2-8-39-9-10-40-11-12-41-13-14-42-25(34)29-17-20(28-18-29)6-7-26-24(33)16-27-22-5-4-21(30(35)36)15-23(22)31(37)38/h4-5,15,17-18,27H,2-3,6-14,16H2,1H3,(H,26,33). The molecule has 230 valence electrons. The third kappa shape index (κ3) is 13.2. The van der Waals surface area contributed by atoms with Crippen molar-refractivity contribution in [2.75, 3.05) is 64.7 Å². The fourth-order valence-electron chi connectivity index (χ4n) is 3.32. The van der Waals surface area contributed by atoms with E-state index in [-0.39, 0.29) is 37.8 Å². The SMILES string of the molecule is CC(=O)CCCOCCOCCOCCOC(=O)n1cnc(CCNC(=O)CNc2ccc([N+](=O)[O-])cc2[N+](=O)[O-])c1. The summed E-state index contributed by atoms with van der Waals surface area (Å²) in [5, 5.41) is 27.2. The van der Waals surface area contributed by atoms with Crippen molar-refractivity contribution in [2.24, 2.45) is 0 Å². The van der Waals surface area contributed by atoms with E-state index in [1.54, 1.807) is 6.92 Å². The number of benzene rings is 1. The number of nitro benzene ring substituents is 2. The highest BCUT2D eigenvalue weighted by atomic mass is 16.6. The molecule has 0 saturated heterocycles. The molecule has 0 fully saturated rings. The number of hydrogen-bond acceptors (Lipinski definition) is 13. The van der Waals surface area contributed by atoms with Crippen LogP contribution in [0.1, 0.15) is 25.5 Å². The molecule has 0 radical (unpaired) electrons. The number of amides is 1. The van der Waals surface area contributed by atoms with Crippen LogP contribution in [0.5, 0.6) is 0 Å². The van der Waals surface area contributed by atoms with Gasteiger partial charge in [0.15, 0.2) is 0 Å². The number of non-ortho nitro benzene ring substituents is 1. The van der Waals surface area contributed by atoms with Crippen LogP contribution in [0.15, 0.2) is 30.7 Å². The van der Waals surface area contributed by atoms with Gasteiger partial charge in [0, 0.05) is 38.3 Å². The Morgan fingerprint density at radius 2 is 1.62 bits per heavy atom. The predicted octanol–water partition coefficient (Wildman–Crippen LogP) is 1.87. The second kappa shape index (κ2) is 18.8. The fraction of sp³-hybridized carbons (Fsp3) is 0.520. The van der Waals surface area contributed by atoms with Gasteiger partial charge in [-0.15, -0.1) is 0 Å². The van der Waals surface area contributed by atoms with Crippen molar-refractivity contribution in [3.63, 3.8) is 0 Å². The average molecular weight is 595 g/mol. The number of rotatable bonds is 21. The number of ether oxygens (including phenoxy) is 4. The van der Waals surface area contributed by atoms with Crippen molar-refractivity contribution < 1.29 is 43.2 Å². The summed E-state index contributed by atoms with van der Waals surface area (Å²) in [5.41, 5.74) is -0.475. The van der Waals surface area contributed by atoms with Gasteiger partial charge >= 0.3 is 6.09 Å². The number of anilines is 1. The Morgan fingerprint density at radius 3 is 2.26 bits per heavy atom. The second-order valence-electron chi connectivity index (χ2n) is 8.70. The molecule has 17 heteroatoms. The van der Waals surface area contributed by atoms with Crippen LogP contribution in [-0.4, -0.2) is 96.5 Å². The van der Waals surface area contributed by atoms with Crippen molar-refractivity contribution in [2.45, 2.75) is 26.2 Å². The summed E-state index contributed by atoms with van der Waals surface area (Å²) in [4.78, 5) is 59.6. The summed E-state index contributed by atoms with van der Waals surface area (Å²) in [6.45, 7) is 3.68. The largest absolute Gasteiger partial charge is 0.446 e. The quantitative estimate of drug-likeness (QED) is 0.120. The van der Waals surface area contributed by atoms with Crippen molar-refractivity contribution in [3.05, 3.63) is 56.6 Å². The normalized spacial score (nSPS) is 10.7. The summed E-state index contributed by atoms with van der Waals surface area (Å²) >= 11 is 0. The third-order valence-electron chi connectivity index (χ3n) is 5.39. The van der Waals surface area contributed by atoms with E-state index in [9.17, 15) is 34.6 Å². The minimum absolute atomic E-state index is 0.0294. The predicted molar refractivity (Wildman–Crippen MR) is 146 cm³/mol. The first kappa shape index (κ1) is 33.7. The number of ketones is 1. The van der Waals surface area contributed by atoms with Crippen LogP contribution in [0.3, 0.4) is 0 Å². The van der Waals surface area contributed by atoms with E-state index in [1.165, 1.54) is 12.5 Å². The Bertz CT molecular complexity index is 1200. The number of nitrogens with one attached hydrogen (secondary N) is 2. The van der Waals surface area contributed by atoms with Crippen molar-refractivity contribution in [3.8, 4) is 0 Å². The lowest BCUT2D eigenvalue weighted by molar-refractivity contribution is -0.393. The van der Waals surface area contributed by atoms with Gasteiger partial charge in [0.05, 0.1) is 61.2 Å². The maximum absolute atomic E-state index is 12.1. The Labute approximate surface area is 240 Å². The van der Waals surface area contributed by atoms with Crippen LogP contribution in [0, 0.1) is 20.2 Å². The van der Waals surface area contributed by atoms with Gasteiger partial charge in [0.25, 0.3) is 11.4 Å². The molecule has 17 nitrogen and oxygen atoms in total. The molecule has 1 aromatic heterocycles. The van der Waals surface area contributed by atoms with Crippen LogP contribution in [0.4, 0.5) is 21.9 Å². The van der Waals surface area contributed by atoms with E-state index >= 15 is 0 Å². The average Bonchev–Trinajstić information content (AvgIpc) is 3.43. The minimum Gasteiger partial charge on any atom is -0.446 e. The number of aromatic nitrogens is 2. The maximum atomic E-state index is 12.1. The van der Waals surface area contributed by atoms with E-state index in [1.807, 2.05) is 0 Å². The lowest BCUT2D eigenvalue weighted by Gasteiger charge is -2.08. The van der Waals surface area contributed by atoms with Gasteiger partial charge in [0.2, 0.25) is 5.91 Å². The van der Waals surface area contributed by atoms with Gasteiger partial charge in [-0.05, 0) is 19.4 Å². The van der Waals surface area contributed by atoms with E-state index in [0.29, 0.717) is 58.0 Å². The number of nitro groups is 2. The summed E-state index contributed by atoms with van der Waals surface area (Å²) < 4.78 is 22.3. The molecule has 1 heterocycles. The van der Waals surface area contributed by atoms with E-state index < -0.39 is 33.2 Å². The molecule has 0 saturated carbocycles. The van der Waals surface area contributed by atoms with Gasteiger partial charge < -0.3 is 34.4 Å². The van der Waals surface area contributed by atoms with Crippen LogP contribution in [0.25, 0.3) is 0 Å². The molecule has 0 unspecified atom stereocenters. The molecule has 0 atom stereocenters. The van der Waals surface area contributed by atoms with Crippen LogP contribution in [-0.2, 0) is 35.0 Å². The summed E-state index contributed by atoms with van der Waals surface area (Å²) in [6, 6.07) is 3.07. The number of imidazole rings is 1. The number of carbonyl (C=O) groups excluding carboxylic acids is 3. The molecular weight excluding hydrogens is 560 g/mol. The lowest BCUT2D eigenvalue weighted by atomic mass is 10.2. The molecule has 0 bridgehead atoms. The molecule has 1 aromatic carbocycles. The van der Waals surface area contributed by atoms with Gasteiger partial charge in [-0.1, -0.05) is 0 Å². The zero-order chi connectivity index (χ0) is 30.7. The molecular formula is C25H34N6O11. The fourth-order valence-corrected chi connectivity index (χ4v) is 3.32.